The van der Waals surface area contributed by atoms with Gasteiger partial charge in [-0.05, 0) is 18.4 Å². The van der Waals surface area contributed by atoms with Crippen LogP contribution in [-0.4, -0.2) is 11.1 Å². The molecule has 0 spiro atoms. The Morgan fingerprint density at radius 3 is 3.07 bits per heavy atom. The molecule has 0 bridgehead atoms. The fourth-order valence-corrected chi connectivity index (χ4v) is 2.00. The van der Waals surface area contributed by atoms with Crippen LogP contribution in [0.25, 0.3) is 0 Å². The van der Waals surface area contributed by atoms with Crippen molar-refractivity contribution < 1.29 is 14.6 Å². The summed E-state index contributed by atoms with van der Waals surface area (Å²) in [4.78, 5) is 11.2. The van der Waals surface area contributed by atoms with Crippen LogP contribution in [0.5, 0.6) is 0 Å². The van der Waals surface area contributed by atoms with E-state index in [1.165, 1.54) is 0 Å². The van der Waals surface area contributed by atoms with Gasteiger partial charge in [0.1, 0.15) is 11.5 Å². The molecule has 0 aromatic rings. The van der Waals surface area contributed by atoms with E-state index < -0.39 is 0 Å². The molecule has 0 aromatic carbocycles. The number of carbonyl (C=O) groups is 1. The van der Waals surface area contributed by atoms with Crippen molar-refractivity contribution in [3.63, 3.8) is 0 Å². The average Bonchev–Trinajstić information content (AvgIpc) is 2.09. The second-order valence-electron chi connectivity index (χ2n) is 4.34. The molecule has 1 saturated heterocycles. The predicted octanol–water partition coefficient (Wildman–Crippen LogP) is 2.31. The highest BCUT2D eigenvalue weighted by Crippen LogP contribution is 2.47. The molecule has 3 nitrogen and oxygen atoms in total. The van der Waals surface area contributed by atoms with Crippen LogP contribution < -0.4 is 0 Å². The van der Waals surface area contributed by atoms with Crippen molar-refractivity contribution in [2.45, 2.75) is 26.7 Å². The lowest BCUT2D eigenvalue weighted by Gasteiger charge is -2.41. The molecule has 1 N–H and O–H groups in total. The van der Waals surface area contributed by atoms with E-state index >= 15 is 0 Å². The zero-order valence-corrected chi connectivity index (χ0v) is 8.41. The number of allylic oxidation sites excluding steroid dienone is 3. The topological polar surface area (TPSA) is 46.5 Å². The molecular weight excluding hydrogens is 180 g/mol. The molecule has 76 valence electrons. The molecule has 0 saturated carbocycles. The van der Waals surface area contributed by atoms with E-state index in [1.54, 1.807) is 12.2 Å². The Labute approximate surface area is 83.1 Å². The minimum absolute atomic E-state index is 0.125. The second-order valence-corrected chi connectivity index (χ2v) is 4.34. The summed E-state index contributed by atoms with van der Waals surface area (Å²) in [5.74, 6) is 0.871. The summed E-state index contributed by atoms with van der Waals surface area (Å²) in [6, 6.07) is 0. The fourth-order valence-electron chi connectivity index (χ4n) is 2.00. The molecule has 2 aliphatic rings. The van der Waals surface area contributed by atoms with E-state index in [0.29, 0.717) is 12.2 Å². The van der Waals surface area contributed by atoms with Crippen molar-refractivity contribution in [1.82, 2.24) is 0 Å². The van der Waals surface area contributed by atoms with Gasteiger partial charge < -0.3 is 9.84 Å². The number of fused-ring (bicyclic) bond motifs is 1. The summed E-state index contributed by atoms with van der Waals surface area (Å²) in [5, 5.41) is 9.33. The summed E-state index contributed by atoms with van der Waals surface area (Å²) in [6.07, 6.45) is 4.53. The van der Waals surface area contributed by atoms with E-state index in [4.69, 9.17) is 4.74 Å². The Morgan fingerprint density at radius 2 is 2.36 bits per heavy atom. The van der Waals surface area contributed by atoms with Crippen LogP contribution in [0.1, 0.15) is 26.7 Å². The number of hydrogen-bond donors (Lipinski definition) is 1. The molecule has 0 amide bonds. The number of rotatable bonds is 0. The van der Waals surface area contributed by atoms with E-state index in [2.05, 4.69) is 6.92 Å². The Kier molecular flexibility index (Phi) is 1.91. The Balaban J connectivity index is 2.38. The molecule has 1 aliphatic carbocycles. The first-order chi connectivity index (χ1) is 6.52. The van der Waals surface area contributed by atoms with Gasteiger partial charge in [-0.15, -0.1) is 0 Å². The fraction of sp³-hybridized carbons (Fsp3) is 0.545. The molecule has 1 fully saturated rings. The summed E-state index contributed by atoms with van der Waals surface area (Å²) >= 11 is 0. The first-order valence-electron chi connectivity index (χ1n) is 4.84. The van der Waals surface area contributed by atoms with Crippen molar-refractivity contribution in [2.24, 2.45) is 11.3 Å². The molecule has 14 heavy (non-hydrogen) atoms. The summed E-state index contributed by atoms with van der Waals surface area (Å²) < 4.78 is 5.16. The SMILES string of the molecule is CC1CC(=O)OC2=CC(O)=CCC21C. The normalized spacial score (nSPS) is 36.7. The first kappa shape index (κ1) is 9.31. The first-order valence-corrected chi connectivity index (χ1v) is 4.84. The maximum absolute atomic E-state index is 11.2. The molecule has 2 rings (SSSR count). The lowest BCUT2D eigenvalue weighted by molar-refractivity contribution is -0.149. The van der Waals surface area contributed by atoms with Gasteiger partial charge in [-0.2, -0.15) is 0 Å². The van der Waals surface area contributed by atoms with Gasteiger partial charge >= 0.3 is 5.97 Å². The number of aliphatic hydroxyl groups is 1. The molecule has 1 heterocycles. The van der Waals surface area contributed by atoms with Gasteiger partial charge in [0, 0.05) is 17.9 Å². The highest BCUT2D eigenvalue weighted by Gasteiger charge is 2.43. The van der Waals surface area contributed by atoms with Gasteiger partial charge in [0.2, 0.25) is 0 Å². The van der Waals surface area contributed by atoms with Crippen LogP contribution in [-0.2, 0) is 9.53 Å². The highest BCUT2D eigenvalue weighted by atomic mass is 16.5. The second kappa shape index (κ2) is 2.87. The third kappa shape index (κ3) is 1.24. The van der Waals surface area contributed by atoms with Crippen LogP contribution in [0, 0.1) is 11.3 Å². The lowest BCUT2D eigenvalue weighted by Crippen LogP contribution is -2.37. The van der Waals surface area contributed by atoms with Gasteiger partial charge in [-0.25, -0.2) is 0 Å². The molecule has 3 heteroatoms. The van der Waals surface area contributed by atoms with Crippen molar-refractivity contribution in [2.75, 3.05) is 0 Å². The van der Waals surface area contributed by atoms with Crippen LogP contribution in [0.3, 0.4) is 0 Å². The van der Waals surface area contributed by atoms with E-state index in [0.717, 1.165) is 6.42 Å². The monoisotopic (exact) mass is 194 g/mol. The molecule has 2 unspecified atom stereocenters. The number of hydrogen-bond acceptors (Lipinski definition) is 3. The minimum Gasteiger partial charge on any atom is -0.508 e. The Morgan fingerprint density at radius 1 is 1.64 bits per heavy atom. The van der Waals surface area contributed by atoms with Crippen molar-refractivity contribution in [1.29, 1.82) is 0 Å². The molecular formula is C11H14O3. The third-order valence-corrected chi connectivity index (χ3v) is 3.36. The predicted molar refractivity (Wildman–Crippen MR) is 51.4 cm³/mol. The molecule has 0 aromatic heterocycles. The zero-order chi connectivity index (χ0) is 10.3. The smallest absolute Gasteiger partial charge is 0.311 e. The van der Waals surface area contributed by atoms with Gasteiger partial charge in [-0.3, -0.25) is 4.79 Å². The van der Waals surface area contributed by atoms with E-state index in [-0.39, 0.29) is 23.1 Å². The Hall–Kier alpha value is -1.25. The van der Waals surface area contributed by atoms with Crippen molar-refractivity contribution in [3.8, 4) is 0 Å². The maximum Gasteiger partial charge on any atom is 0.311 e. The van der Waals surface area contributed by atoms with Gasteiger partial charge in [0.05, 0.1) is 0 Å². The van der Waals surface area contributed by atoms with E-state index in [1.807, 2.05) is 6.92 Å². The van der Waals surface area contributed by atoms with E-state index in [9.17, 15) is 9.90 Å². The van der Waals surface area contributed by atoms with Gasteiger partial charge in [0.15, 0.2) is 0 Å². The van der Waals surface area contributed by atoms with Crippen LogP contribution in [0.2, 0.25) is 0 Å². The van der Waals surface area contributed by atoms with Gasteiger partial charge in [0.25, 0.3) is 0 Å². The summed E-state index contributed by atoms with van der Waals surface area (Å²) in [5.41, 5.74) is -0.125. The number of ether oxygens (including phenoxy) is 1. The molecule has 0 radical (unpaired) electrons. The summed E-state index contributed by atoms with van der Waals surface area (Å²) in [6.45, 7) is 4.11. The zero-order valence-electron chi connectivity index (χ0n) is 8.41. The number of carbonyl (C=O) groups excluding carboxylic acids is 1. The van der Waals surface area contributed by atoms with Crippen LogP contribution >= 0.6 is 0 Å². The Bertz CT molecular complexity index is 340. The molecule has 1 aliphatic heterocycles. The molecule has 2 atom stereocenters. The number of aliphatic hydroxyl groups excluding tert-OH is 1. The van der Waals surface area contributed by atoms with Crippen molar-refractivity contribution >= 4 is 5.97 Å². The van der Waals surface area contributed by atoms with Crippen LogP contribution in [0.4, 0.5) is 0 Å². The number of esters is 1. The highest BCUT2D eigenvalue weighted by molar-refractivity contribution is 5.73. The third-order valence-electron chi connectivity index (χ3n) is 3.36. The van der Waals surface area contributed by atoms with Crippen LogP contribution in [0.15, 0.2) is 23.7 Å². The minimum atomic E-state index is -0.198. The average molecular weight is 194 g/mol. The standard InChI is InChI=1S/C11H14O3/c1-7-5-10(13)14-9-6-8(12)3-4-11(7,9)2/h3,6-7,12H,4-5H2,1-2H3. The van der Waals surface area contributed by atoms with Crippen molar-refractivity contribution in [3.05, 3.63) is 23.7 Å². The quantitative estimate of drug-likeness (QED) is 0.602. The van der Waals surface area contributed by atoms with Gasteiger partial charge in [-0.1, -0.05) is 13.8 Å². The largest absolute Gasteiger partial charge is 0.508 e. The summed E-state index contributed by atoms with van der Waals surface area (Å²) in [7, 11) is 0. The lowest BCUT2D eigenvalue weighted by atomic mass is 9.69. The maximum atomic E-state index is 11.2.